The molecule has 0 saturated heterocycles. The summed E-state index contributed by atoms with van der Waals surface area (Å²) < 4.78 is 2.05. The quantitative estimate of drug-likeness (QED) is 0.627. The third-order valence-corrected chi connectivity index (χ3v) is 5.19. The number of amides is 1. The Morgan fingerprint density at radius 3 is 2.54 bits per heavy atom. The molecular weight excluding hydrogens is 344 g/mol. The van der Waals surface area contributed by atoms with E-state index in [1.54, 1.807) is 0 Å². The van der Waals surface area contributed by atoms with Crippen LogP contribution in [0.25, 0.3) is 11.4 Å². The van der Waals surface area contributed by atoms with E-state index in [2.05, 4.69) is 47.8 Å². The van der Waals surface area contributed by atoms with Crippen molar-refractivity contribution >= 4 is 17.7 Å². The lowest BCUT2D eigenvalue weighted by atomic mass is 10.0. The highest BCUT2D eigenvalue weighted by molar-refractivity contribution is 7.99. The molecule has 0 radical (unpaired) electrons. The fourth-order valence-corrected chi connectivity index (χ4v) is 3.65. The molecular formula is C20H30N4OS. The molecule has 26 heavy (non-hydrogen) atoms. The van der Waals surface area contributed by atoms with Crippen molar-refractivity contribution < 1.29 is 4.79 Å². The Kier molecular flexibility index (Phi) is 8.16. The second-order valence-corrected chi connectivity index (χ2v) is 7.94. The van der Waals surface area contributed by atoms with Crippen molar-refractivity contribution in [1.82, 2.24) is 20.1 Å². The molecule has 0 aliphatic heterocycles. The number of carbonyl (C=O) groups excluding carboxylic acids is 1. The molecule has 0 bridgehead atoms. The van der Waals surface area contributed by atoms with Crippen LogP contribution in [0.5, 0.6) is 0 Å². The van der Waals surface area contributed by atoms with Gasteiger partial charge in [-0.25, -0.2) is 0 Å². The summed E-state index contributed by atoms with van der Waals surface area (Å²) in [6, 6.07) is 10.2. The van der Waals surface area contributed by atoms with Crippen LogP contribution in [0, 0.1) is 5.92 Å². The number of carbonyl (C=O) groups is 1. The van der Waals surface area contributed by atoms with Gasteiger partial charge in [-0.15, -0.1) is 10.2 Å². The van der Waals surface area contributed by atoms with Gasteiger partial charge in [-0.05, 0) is 26.2 Å². The lowest BCUT2D eigenvalue weighted by Crippen LogP contribution is -2.33. The summed E-state index contributed by atoms with van der Waals surface area (Å²) in [4.78, 5) is 12.2. The number of nitrogens with one attached hydrogen (secondary N) is 1. The number of thioether (sulfide) groups is 1. The highest BCUT2D eigenvalue weighted by atomic mass is 32.2. The Morgan fingerprint density at radius 2 is 1.88 bits per heavy atom. The largest absolute Gasteiger partial charge is 0.353 e. The van der Waals surface area contributed by atoms with Crippen molar-refractivity contribution in [3.63, 3.8) is 0 Å². The summed E-state index contributed by atoms with van der Waals surface area (Å²) in [5.74, 6) is 1.98. The molecule has 1 amide bonds. The van der Waals surface area contributed by atoms with Crippen LogP contribution in [0.15, 0.2) is 35.5 Å². The van der Waals surface area contributed by atoms with Crippen LogP contribution in [0.3, 0.4) is 0 Å². The van der Waals surface area contributed by atoms with Gasteiger partial charge in [0, 0.05) is 18.2 Å². The summed E-state index contributed by atoms with van der Waals surface area (Å²) in [5.41, 5.74) is 1.04. The van der Waals surface area contributed by atoms with Gasteiger partial charge in [0.2, 0.25) is 5.91 Å². The Labute approximate surface area is 161 Å². The minimum atomic E-state index is 0.0546. The van der Waals surface area contributed by atoms with Gasteiger partial charge in [0.1, 0.15) is 0 Å². The smallest absolute Gasteiger partial charge is 0.230 e. The number of rotatable bonds is 10. The fourth-order valence-electron chi connectivity index (χ4n) is 2.83. The zero-order chi connectivity index (χ0) is 18.9. The summed E-state index contributed by atoms with van der Waals surface area (Å²) in [6.45, 7) is 9.37. The lowest BCUT2D eigenvalue weighted by molar-refractivity contribution is -0.119. The summed E-state index contributed by atoms with van der Waals surface area (Å²) >= 11 is 1.44. The van der Waals surface area contributed by atoms with Crippen LogP contribution < -0.4 is 5.32 Å². The van der Waals surface area contributed by atoms with Crippen LogP contribution in [0.2, 0.25) is 0 Å². The standard InChI is InChI=1S/C20H30N4OS/c1-5-24-19(17-12-7-6-8-13-17)22-23-20(24)26-14-18(25)21-16(4)11-9-10-15(2)3/h6-8,12-13,15-16H,5,9-11,14H2,1-4H3,(H,21,25)/t16-/m0/s1. The van der Waals surface area contributed by atoms with Crippen LogP contribution in [-0.2, 0) is 11.3 Å². The molecule has 0 saturated carbocycles. The monoisotopic (exact) mass is 374 g/mol. The molecule has 6 heteroatoms. The first-order valence-corrected chi connectivity index (χ1v) is 10.4. The maximum atomic E-state index is 12.2. The van der Waals surface area contributed by atoms with Gasteiger partial charge in [-0.1, -0.05) is 68.8 Å². The van der Waals surface area contributed by atoms with Gasteiger partial charge in [0.15, 0.2) is 11.0 Å². The van der Waals surface area contributed by atoms with Crippen LogP contribution in [0.1, 0.15) is 47.0 Å². The van der Waals surface area contributed by atoms with E-state index in [-0.39, 0.29) is 11.9 Å². The number of aromatic nitrogens is 3. The molecule has 1 heterocycles. The maximum absolute atomic E-state index is 12.2. The van der Waals surface area contributed by atoms with Crippen molar-refractivity contribution in [3.05, 3.63) is 30.3 Å². The molecule has 142 valence electrons. The topological polar surface area (TPSA) is 59.8 Å². The molecule has 1 atom stereocenters. The third kappa shape index (κ3) is 6.16. The van der Waals surface area contributed by atoms with Crippen molar-refractivity contribution in [2.75, 3.05) is 5.75 Å². The van der Waals surface area contributed by atoms with Crippen molar-refractivity contribution in [1.29, 1.82) is 0 Å². The van der Waals surface area contributed by atoms with Crippen molar-refractivity contribution in [2.24, 2.45) is 5.92 Å². The molecule has 2 aromatic rings. The Balaban J connectivity index is 1.87. The summed E-state index contributed by atoms with van der Waals surface area (Å²) in [5, 5.41) is 12.5. The number of nitrogens with zero attached hydrogens (tertiary/aromatic N) is 3. The predicted octanol–water partition coefficient (Wildman–Crippen LogP) is 4.39. The second kappa shape index (κ2) is 10.4. The zero-order valence-electron chi connectivity index (χ0n) is 16.2. The maximum Gasteiger partial charge on any atom is 0.230 e. The van der Waals surface area contributed by atoms with E-state index in [0.717, 1.165) is 35.9 Å². The minimum Gasteiger partial charge on any atom is -0.353 e. The molecule has 1 N–H and O–H groups in total. The molecule has 5 nitrogen and oxygen atoms in total. The summed E-state index contributed by atoms with van der Waals surface area (Å²) in [7, 11) is 0. The third-order valence-electron chi connectivity index (χ3n) is 4.22. The molecule has 0 aliphatic carbocycles. The highest BCUT2D eigenvalue weighted by Crippen LogP contribution is 2.23. The molecule has 2 rings (SSSR count). The SMILES string of the molecule is CCn1c(SCC(=O)N[C@@H](C)CCCC(C)C)nnc1-c1ccccc1. The normalized spacial score (nSPS) is 12.3. The van der Waals surface area contributed by atoms with Crippen molar-refractivity contribution in [3.8, 4) is 11.4 Å². The van der Waals surface area contributed by atoms with Gasteiger partial charge in [0.25, 0.3) is 0 Å². The van der Waals surface area contributed by atoms with E-state index in [9.17, 15) is 4.79 Å². The lowest BCUT2D eigenvalue weighted by Gasteiger charge is -2.14. The van der Waals surface area contributed by atoms with E-state index < -0.39 is 0 Å². The summed E-state index contributed by atoms with van der Waals surface area (Å²) in [6.07, 6.45) is 3.38. The van der Waals surface area contributed by atoms with Crippen LogP contribution in [0.4, 0.5) is 0 Å². The predicted molar refractivity (Wildman–Crippen MR) is 108 cm³/mol. The van der Waals surface area contributed by atoms with E-state index in [4.69, 9.17) is 0 Å². The molecule has 0 aliphatic rings. The van der Waals surface area contributed by atoms with Gasteiger partial charge >= 0.3 is 0 Å². The highest BCUT2D eigenvalue weighted by Gasteiger charge is 2.15. The van der Waals surface area contributed by atoms with Gasteiger partial charge < -0.3 is 9.88 Å². The molecule has 1 aromatic carbocycles. The van der Waals surface area contributed by atoms with Gasteiger partial charge in [-0.2, -0.15) is 0 Å². The van der Waals surface area contributed by atoms with Crippen LogP contribution in [-0.4, -0.2) is 32.5 Å². The van der Waals surface area contributed by atoms with Crippen LogP contribution >= 0.6 is 11.8 Å². The number of benzene rings is 1. The van der Waals surface area contributed by atoms with Gasteiger partial charge in [0.05, 0.1) is 5.75 Å². The average Bonchev–Trinajstić information content (AvgIpc) is 3.03. The number of hydrogen-bond donors (Lipinski definition) is 1. The molecule has 1 aromatic heterocycles. The van der Waals surface area contributed by atoms with Gasteiger partial charge in [-0.3, -0.25) is 4.79 Å². The van der Waals surface area contributed by atoms with E-state index in [0.29, 0.717) is 11.7 Å². The first-order chi connectivity index (χ1) is 12.5. The first kappa shape index (κ1) is 20.5. The van der Waals surface area contributed by atoms with E-state index in [1.807, 2.05) is 30.3 Å². The van der Waals surface area contributed by atoms with E-state index >= 15 is 0 Å². The fraction of sp³-hybridized carbons (Fsp3) is 0.550. The minimum absolute atomic E-state index is 0.0546. The first-order valence-electron chi connectivity index (χ1n) is 9.42. The zero-order valence-corrected chi connectivity index (χ0v) is 17.1. The number of hydrogen-bond acceptors (Lipinski definition) is 4. The average molecular weight is 375 g/mol. The molecule has 0 fully saturated rings. The molecule has 0 spiro atoms. The molecule has 0 unspecified atom stereocenters. The van der Waals surface area contributed by atoms with Crippen molar-refractivity contribution in [2.45, 2.75) is 64.7 Å². The Bertz CT molecular complexity index is 684. The Hall–Kier alpha value is -1.82. The van der Waals surface area contributed by atoms with E-state index in [1.165, 1.54) is 18.2 Å². The Morgan fingerprint density at radius 1 is 1.15 bits per heavy atom. The second-order valence-electron chi connectivity index (χ2n) is 7.00.